The SMILES string of the molecule is N#Cc1ccc(OC[C@@H](O)CN2CCC[C@H]2Cn2cncn2)cc1. The summed E-state index contributed by atoms with van der Waals surface area (Å²) in [4.78, 5) is 6.26. The molecule has 0 spiro atoms. The van der Waals surface area contributed by atoms with E-state index in [0.29, 0.717) is 23.9 Å². The molecule has 1 aliphatic heterocycles. The Balaban J connectivity index is 1.46. The molecule has 1 N–H and O–H groups in total. The Kier molecular flexibility index (Phi) is 5.41. The lowest BCUT2D eigenvalue weighted by molar-refractivity contribution is 0.0609. The summed E-state index contributed by atoms with van der Waals surface area (Å²) < 4.78 is 7.44. The quantitative estimate of drug-likeness (QED) is 0.818. The van der Waals surface area contributed by atoms with Crippen molar-refractivity contribution in [2.75, 3.05) is 19.7 Å². The topological polar surface area (TPSA) is 87.2 Å². The molecule has 1 saturated heterocycles. The predicted octanol–water partition coefficient (Wildman–Crippen LogP) is 1.05. The number of ether oxygens (including phenoxy) is 1. The summed E-state index contributed by atoms with van der Waals surface area (Å²) in [6.07, 6.45) is 4.93. The third-order valence-corrected chi connectivity index (χ3v) is 4.23. The van der Waals surface area contributed by atoms with Crippen LogP contribution in [-0.4, -0.2) is 56.6 Å². The Labute approximate surface area is 141 Å². The summed E-state index contributed by atoms with van der Waals surface area (Å²) in [5, 5.41) is 23.2. The van der Waals surface area contributed by atoms with Crippen molar-refractivity contribution in [2.45, 2.75) is 31.5 Å². The monoisotopic (exact) mass is 327 g/mol. The van der Waals surface area contributed by atoms with Gasteiger partial charge in [0.05, 0.1) is 18.2 Å². The van der Waals surface area contributed by atoms with E-state index in [4.69, 9.17) is 10.00 Å². The second-order valence-electron chi connectivity index (χ2n) is 6.01. The lowest BCUT2D eigenvalue weighted by Crippen LogP contribution is -2.40. The van der Waals surface area contributed by atoms with Crippen LogP contribution in [0.1, 0.15) is 18.4 Å². The molecule has 126 valence electrons. The van der Waals surface area contributed by atoms with E-state index in [1.165, 1.54) is 0 Å². The van der Waals surface area contributed by atoms with Gasteiger partial charge < -0.3 is 9.84 Å². The van der Waals surface area contributed by atoms with Crippen molar-refractivity contribution in [1.82, 2.24) is 19.7 Å². The van der Waals surface area contributed by atoms with E-state index >= 15 is 0 Å². The first-order valence-electron chi connectivity index (χ1n) is 8.12. The molecule has 2 heterocycles. The summed E-state index contributed by atoms with van der Waals surface area (Å²) in [7, 11) is 0. The molecule has 2 atom stereocenters. The smallest absolute Gasteiger partial charge is 0.137 e. The molecular weight excluding hydrogens is 306 g/mol. The normalized spacial score (nSPS) is 19.1. The summed E-state index contributed by atoms with van der Waals surface area (Å²) >= 11 is 0. The van der Waals surface area contributed by atoms with E-state index < -0.39 is 6.10 Å². The molecular formula is C17H21N5O2. The van der Waals surface area contributed by atoms with Gasteiger partial charge in [-0.1, -0.05) is 0 Å². The zero-order valence-electron chi connectivity index (χ0n) is 13.5. The number of aliphatic hydroxyl groups is 1. The maximum atomic E-state index is 10.3. The van der Waals surface area contributed by atoms with Gasteiger partial charge in [-0.25, -0.2) is 4.98 Å². The number of nitriles is 1. The second kappa shape index (κ2) is 7.90. The average molecular weight is 327 g/mol. The fraction of sp³-hybridized carbons (Fsp3) is 0.471. The number of aliphatic hydroxyl groups excluding tert-OH is 1. The molecule has 3 rings (SSSR count). The van der Waals surface area contributed by atoms with Crippen LogP contribution in [0.25, 0.3) is 0 Å². The minimum absolute atomic E-state index is 0.235. The number of aromatic nitrogens is 3. The van der Waals surface area contributed by atoms with Crippen molar-refractivity contribution in [3.8, 4) is 11.8 Å². The van der Waals surface area contributed by atoms with Gasteiger partial charge in [0.1, 0.15) is 31.1 Å². The van der Waals surface area contributed by atoms with Gasteiger partial charge in [-0.3, -0.25) is 9.58 Å². The van der Waals surface area contributed by atoms with Gasteiger partial charge in [-0.2, -0.15) is 10.4 Å². The number of nitrogens with zero attached hydrogens (tertiary/aromatic N) is 5. The van der Waals surface area contributed by atoms with Gasteiger partial charge in [0.15, 0.2) is 0 Å². The van der Waals surface area contributed by atoms with E-state index in [-0.39, 0.29) is 6.61 Å². The molecule has 24 heavy (non-hydrogen) atoms. The Morgan fingerprint density at radius 3 is 2.92 bits per heavy atom. The number of likely N-dealkylation sites (tertiary alicyclic amines) is 1. The van der Waals surface area contributed by atoms with Gasteiger partial charge in [0, 0.05) is 12.6 Å². The summed E-state index contributed by atoms with van der Waals surface area (Å²) in [5.41, 5.74) is 0.593. The van der Waals surface area contributed by atoms with Crippen LogP contribution in [0.15, 0.2) is 36.9 Å². The van der Waals surface area contributed by atoms with Crippen LogP contribution in [0, 0.1) is 11.3 Å². The highest BCUT2D eigenvalue weighted by Crippen LogP contribution is 2.19. The highest BCUT2D eigenvalue weighted by atomic mass is 16.5. The largest absolute Gasteiger partial charge is 0.491 e. The van der Waals surface area contributed by atoms with Crippen molar-refractivity contribution >= 4 is 0 Å². The highest BCUT2D eigenvalue weighted by Gasteiger charge is 2.26. The van der Waals surface area contributed by atoms with E-state index in [9.17, 15) is 5.11 Å². The Hall–Kier alpha value is -2.43. The molecule has 0 amide bonds. The molecule has 1 fully saturated rings. The van der Waals surface area contributed by atoms with Gasteiger partial charge >= 0.3 is 0 Å². The minimum atomic E-state index is -0.558. The average Bonchev–Trinajstić information content (AvgIpc) is 3.26. The zero-order chi connectivity index (χ0) is 16.8. The molecule has 7 nitrogen and oxygen atoms in total. The first-order valence-corrected chi connectivity index (χ1v) is 8.12. The van der Waals surface area contributed by atoms with E-state index in [0.717, 1.165) is 25.9 Å². The molecule has 1 aromatic heterocycles. The number of hydrogen-bond acceptors (Lipinski definition) is 6. The van der Waals surface area contributed by atoms with Crippen LogP contribution in [0.5, 0.6) is 5.75 Å². The van der Waals surface area contributed by atoms with Crippen molar-refractivity contribution in [2.24, 2.45) is 0 Å². The predicted molar refractivity (Wildman–Crippen MR) is 87.3 cm³/mol. The third-order valence-electron chi connectivity index (χ3n) is 4.23. The number of β-amino-alcohol motifs (C(OH)–C–C–N with tert-alkyl or cyclic N) is 1. The number of benzene rings is 1. The third kappa shape index (κ3) is 4.31. The van der Waals surface area contributed by atoms with Gasteiger partial charge in [0.25, 0.3) is 0 Å². The molecule has 2 aromatic rings. The van der Waals surface area contributed by atoms with E-state index in [1.54, 1.807) is 36.9 Å². The second-order valence-corrected chi connectivity index (χ2v) is 6.01. The Bertz CT molecular complexity index is 665. The maximum absolute atomic E-state index is 10.3. The van der Waals surface area contributed by atoms with Crippen molar-refractivity contribution in [3.63, 3.8) is 0 Å². The summed E-state index contributed by atoms with van der Waals surface area (Å²) in [6.45, 7) is 2.59. The van der Waals surface area contributed by atoms with Crippen molar-refractivity contribution < 1.29 is 9.84 Å². The highest BCUT2D eigenvalue weighted by molar-refractivity contribution is 5.34. The molecule has 0 unspecified atom stereocenters. The van der Waals surface area contributed by atoms with Crippen LogP contribution in [0.4, 0.5) is 0 Å². The van der Waals surface area contributed by atoms with Gasteiger partial charge in [-0.15, -0.1) is 0 Å². The summed E-state index contributed by atoms with van der Waals surface area (Å²) in [5.74, 6) is 0.661. The zero-order valence-corrected chi connectivity index (χ0v) is 13.5. The Morgan fingerprint density at radius 2 is 2.21 bits per heavy atom. The molecule has 7 heteroatoms. The fourth-order valence-electron chi connectivity index (χ4n) is 3.03. The van der Waals surface area contributed by atoms with E-state index in [2.05, 4.69) is 21.1 Å². The number of hydrogen-bond donors (Lipinski definition) is 1. The molecule has 0 bridgehead atoms. The van der Waals surface area contributed by atoms with Crippen molar-refractivity contribution in [3.05, 3.63) is 42.5 Å². The first kappa shape index (κ1) is 16.4. The molecule has 0 aliphatic carbocycles. The molecule has 0 saturated carbocycles. The van der Waals surface area contributed by atoms with Crippen LogP contribution < -0.4 is 4.74 Å². The minimum Gasteiger partial charge on any atom is -0.491 e. The Morgan fingerprint density at radius 1 is 1.38 bits per heavy atom. The standard InChI is InChI=1S/C17H21N5O2/c18-8-14-3-5-17(6-4-14)24-11-16(23)10-21-7-1-2-15(21)9-22-13-19-12-20-22/h3-6,12-13,15-16,23H,1-2,7,9-11H2/t15-,16-/m0/s1. The molecule has 1 aliphatic rings. The van der Waals surface area contributed by atoms with E-state index in [1.807, 2.05) is 4.68 Å². The lowest BCUT2D eigenvalue weighted by atomic mass is 10.2. The van der Waals surface area contributed by atoms with Crippen LogP contribution in [-0.2, 0) is 6.54 Å². The van der Waals surface area contributed by atoms with Crippen LogP contribution in [0.2, 0.25) is 0 Å². The lowest BCUT2D eigenvalue weighted by Gasteiger charge is -2.26. The summed E-state index contributed by atoms with van der Waals surface area (Å²) in [6, 6.07) is 9.34. The van der Waals surface area contributed by atoms with Gasteiger partial charge in [0.2, 0.25) is 0 Å². The van der Waals surface area contributed by atoms with Gasteiger partial charge in [-0.05, 0) is 43.7 Å². The first-order chi connectivity index (χ1) is 11.7. The molecule has 1 aromatic carbocycles. The maximum Gasteiger partial charge on any atom is 0.137 e. The van der Waals surface area contributed by atoms with Crippen molar-refractivity contribution in [1.29, 1.82) is 5.26 Å². The van der Waals surface area contributed by atoms with Crippen LogP contribution >= 0.6 is 0 Å². The number of rotatable bonds is 7. The molecule has 0 radical (unpaired) electrons. The fourth-order valence-corrected chi connectivity index (χ4v) is 3.03. The van der Waals surface area contributed by atoms with Crippen LogP contribution in [0.3, 0.4) is 0 Å².